The minimum absolute atomic E-state index is 0.0419. The zero-order valence-electron chi connectivity index (χ0n) is 9.77. The average molecular weight is 236 g/mol. The molecular weight excluding hydrogens is 220 g/mol. The zero-order chi connectivity index (χ0) is 11.7. The van der Waals surface area contributed by atoms with E-state index < -0.39 is 0 Å². The quantitative estimate of drug-likeness (QED) is 0.883. The lowest BCUT2D eigenvalue weighted by Crippen LogP contribution is -2.15. The Morgan fingerprint density at radius 1 is 1.50 bits per heavy atom. The van der Waals surface area contributed by atoms with Crippen LogP contribution in [0.4, 0.5) is 0 Å². The van der Waals surface area contributed by atoms with Crippen molar-refractivity contribution in [2.45, 2.75) is 26.3 Å². The molecule has 0 aliphatic rings. The van der Waals surface area contributed by atoms with Crippen LogP contribution in [0, 0.1) is 13.8 Å². The Balaban J connectivity index is 2.13. The van der Waals surface area contributed by atoms with E-state index in [9.17, 15) is 0 Å². The third kappa shape index (κ3) is 2.31. The van der Waals surface area contributed by atoms with Crippen molar-refractivity contribution >= 4 is 11.3 Å². The Morgan fingerprint density at radius 2 is 2.25 bits per heavy atom. The number of hydrogen-bond acceptors (Lipinski definition) is 4. The molecule has 16 heavy (non-hydrogen) atoms. The summed E-state index contributed by atoms with van der Waals surface area (Å²) in [5.41, 5.74) is 9.27. The molecule has 5 heteroatoms. The van der Waals surface area contributed by atoms with Crippen molar-refractivity contribution in [1.29, 1.82) is 0 Å². The largest absolute Gasteiger partial charge is 0.322 e. The summed E-state index contributed by atoms with van der Waals surface area (Å²) in [6.07, 6.45) is 0.778. The first-order valence-corrected chi connectivity index (χ1v) is 6.11. The van der Waals surface area contributed by atoms with Crippen LogP contribution in [0.5, 0.6) is 0 Å². The number of aryl methyl sites for hydroxylation is 3. The van der Waals surface area contributed by atoms with Gasteiger partial charge in [0, 0.05) is 24.5 Å². The molecule has 0 radical (unpaired) electrons. The molecule has 0 saturated carbocycles. The van der Waals surface area contributed by atoms with Gasteiger partial charge in [0.25, 0.3) is 0 Å². The monoisotopic (exact) mass is 236 g/mol. The Hall–Kier alpha value is -1.20. The highest BCUT2D eigenvalue weighted by Gasteiger charge is 2.12. The third-order valence-corrected chi connectivity index (χ3v) is 3.34. The first-order chi connectivity index (χ1) is 7.56. The topological polar surface area (TPSA) is 56.7 Å². The normalized spacial score (nSPS) is 13.0. The van der Waals surface area contributed by atoms with Crippen molar-refractivity contribution in [3.05, 3.63) is 33.5 Å². The van der Waals surface area contributed by atoms with Gasteiger partial charge in [0.2, 0.25) is 0 Å². The fourth-order valence-electron chi connectivity index (χ4n) is 1.74. The van der Waals surface area contributed by atoms with Crippen LogP contribution in [0.1, 0.15) is 28.1 Å². The standard InChI is InChI=1S/C11H16N4S/c1-7-4-9(15(3)14-7)5-10(12)11-6-16-8(2)13-11/h4,6,10H,5,12H2,1-3H3. The van der Waals surface area contributed by atoms with Crippen molar-refractivity contribution in [1.82, 2.24) is 14.8 Å². The van der Waals surface area contributed by atoms with Crippen LogP contribution >= 0.6 is 11.3 Å². The summed E-state index contributed by atoms with van der Waals surface area (Å²) in [5, 5.41) is 7.40. The van der Waals surface area contributed by atoms with E-state index in [1.54, 1.807) is 11.3 Å². The second kappa shape index (κ2) is 4.35. The Morgan fingerprint density at radius 3 is 2.75 bits per heavy atom. The summed E-state index contributed by atoms with van der Waals surface area (Å²) in [6.45, 7) is 3.98. The summed E-state index contributed by atoms with van der Waals surface area (Å²) in [7, 11) is 1.95. The van der Waals surface area contributed by atoms with Crippen LogP contribution in [0.2, 0.25) is 0 Å². The minimum atomic E-state index is -0.0419. The van der Waals surface area contributed by atoms with E-state index in [0.717, 1.165) is 28.5 Å². The van der Waals surface area contributed by atoms with Gasteiger partial charge in [-0.3, -0.25) is 4.68 Å². The van der Waals surface area contributed by atoms with E-state index in [1.807, 2.05) is 31.0 Å². The molecule has 0 spiro atoms. The summed E-state index contributed by atoms with van der Waals surface area (Å²) in [4.78, 5) is 4.41. The molecule has 0 bridgehead atoms. The molecule has 2 N–H and O–H groups in total. The number of nitrogens with two attached hydrogens (primary N) is 1. The molecular formula is C11H16N4S. The molecule has 2 aromatic heterocycles. The van der Waals surface area contributed by atoms with Crippen LogP contribution in [-0.4, -0.2) is 14.8 Å². The van der Waals surface area contributed by atoms with Crippen molar-refractivity contribution in [2.75, 3.05) is 0 Å². The smallest absolute Gasteiger partial charge is 0.0898 e. The van der Waals surface area contributed by atoms with E-state index in [0.29, 0.717) is 0 Å². The first kappa shape index (κ1) is 11.3. The predicted molar refractivity (Wildman–Crippen MR) is 65.4 cm³/mol. The predicted octanol–water partition coefficient (Wildman–Crippen LogP) is 1.74. The van der Waals surface area contributed by atoms with Crippen LogP contribution in [0.15, 0.2) is 11.4 Å². The number of rotatable bonds is 3. The van der Waals surface area contributed by atoms with Gasteiger partial charge in [-0.15, -0.1) is 11.3 Å². The lowest BCUT2D eigenvalue weighted by atomic mass is 10.1. The number of hydrogen-bond donors (Lipinski definition) is 1. The molecule has 0 saturated heterocycles. The van der Waals surface area contributed by atoms with Gasteiger partial charge in [0.05, 0.1) is 22.4 Å². The van der Waals surface area contributed by atoms with Crippen molar-refractivity contribution in [3.8, 4) is 0 Å². The highest BCUT2D eigenvalue weighted by molar-refractivity contribution is 7.09. The molecule has 0 fully saturated rings. The van der Waals surface area contributed by atoms with E-state index in [1.165, 1.54) is 0 Å². The molecule has 2 rings (SSSR count). The van der Waals surface area contributed by atoms with E-state index in [4.69, 9.17) is 5.73 Å². The maximum absolute atomic E-state index is 6.12. The first-order valence-electron chi connectivity index (χ1n) is 5.23. The van der Waals surface area contributed by atoms with Gasteiger partial charge in [-0.25, -0.2) is 4.98 Å². The molecule has 86 valence electrons. The molecule has 0 aromatic carbocycles. The highest BCUT2D eigenvalue weighted by Crippen LogP contribution is 2.18. The van der Waals surface area contributed by atoms with Gasteiger partial charge in [0.1, 0.15) is 0 Å². The average Bonchev–Trinajstić information content (AvgIpc) is 2.74. The number of aromatic nitrogens is 3. The van der Waals surface area contributed by atoms with Crippen LogP contribution < -0.4 is 5.73 Å². The Kier molecular flexibility index (Phi) is 3.07. The summed E-state index contributed by atoms with van der Waals surface area (Å²) >= 11 is 1.64. The molecule has 1 unspecified atom stereocenters. The van der Waals surface area contributed by atoms with Gasteiger partial charge >= 0.3 is 0 Å². The molecule has 0 aliphatic carbocycles. The van der Waals surface area contributed by atoms with Crippen molar-refractivity contribution < 1.29 is 0 Å². The van der Waals surface area contributed by atoms with E-state index in [-0.39, 0.29) is 6.04 Å². The maximum atomic E-state index is 6.12. The lowest BCUT2D eigenvalue weighted by Gasteiger charge is -2.08. The van der Waals surface area contributed by atoms with Crippen LogP contribution in [-0.2, 0) is 13.5 Å². The van der Waals surface area contributed by atoms with Crippen LogP contribution in [0.3, 0.4) is 0 Å². The van der Waals surface area contributed by atoms with Crippen molar-refractivity contribution in [2.24, 2.45) is 12.8 Å². The number of thiazole rings is 1. The summed E-state index contributed by atoms with van der Waals surface area (Å²) in [5.74, 6) is 0. The fourth-order valence-corrected chi connectivity index (χ4v) is 2.41. The molecule has 0 aliphatic heterocycles. The molecule has 4 nitrogen and oxygen atoms in total. The van der Waals surface area contributed by atoms with Gasteiger partial charge in [-0.2, -0.15) is 5.10 Å². The lowest BCUT2D eigenvalue weighted by molar-refractivity contribution is 0.630. The van der Waals surface area contributed by atoms with Gasteiger partial charge in [-0.1, -0.05) is 0 Å². The van der Waals surface area contributed by atoms with E-state index in [2.05, 4.69) is 16.1 Å². The zero-order valence-corrected chi connectivity index (χ0v) is 10.6. The third-order valence-electron chi connectivity index (χ3n) is 2.54. The van der Waals surface area contributed by atoms with Gasteiger partial charge in [0.15, 0.2) is 0 Å². The summed E-state index contributed by atoms with van der Waals surface area (Å²) < 4.78 is 1.88. The number of nitrogens with zero attached hydrogens (tertiary/aromatic N) is 3. The molecule has 2 heterocycles. The second-order valence-electron chi connectivity index (χ2n) is 4.00. The van der Waals surface area contributed by atoms with E-state index >= 15 is 0 Å². The van der Waals surface area contributed by atoms with Crippen LogP contribution in [0.25, 0.3) is 0 Å². The Labute approximate surface area is 99.1 Å². The molecule has 2 aromatic rings. The minimum Gasteiger partial charge on any atom is -0.322 e. The Bertz CT molecular complexity index is 486. The van der Waals surface area contributed by atoms with Gasteiger partial charge in [-0.05, 0) is 19.9 Å². The SMILES string of the molecule is Cc1cc(CC(N)c2csc(C)n2)n(C)n1. The molecule has 1 atom stereocenters. The fraction of sp³-hybridized carbons (Fsp3) is 0.455. The summed E-state index contributed by atoms with van der Waals surface area (Å²) in [6, 6.07) is 2.03. The maximum Gasteiger partial charge on any atom is 0.0898 e. The molecule has 0 amide bonds. The van der Waals surface area contributed by atoms with Gasteiger partial charge < -0.3 is 5.73 Å². The highest BCUT2D eigenvalue weighted by atomic mass is 32.1. The van der Waals surface area contributed by atoms with Crippen molar-refractivity contribution in [3.63, 3.8) is 0 Å². The second-order valence-corrected chi connectivity index (χ2v) is 5.06.